The summed E-state index contributed by atoms with van der Waals surface area (Å²) >= 11 is 1.55. The van der Waals surface area contributed by atoms with Gasteiger partial charge in [0.2, 0.25) is 0 Å². The molecule has 24 heavy (non-hydrogen) atoms. The number of esters is 1. The number of ketones is 1. The Morgan fingerprint density at radius 2 is 1.92 bits per heavy atom. The molecular formula is C18H24N2O3S. The van der Waals surface area contributed by atoms with E-state index in [0.29, 0.717) is 6.61 Å². The molecule has 0 saturated heterocycles. The van der Waals surface area contributed by atoms with Gasteiger partial charge in [0.25, 0.3) is 0 Å². The molecular weight excluding hydrogens is 324 g/mol. The van der Waals surface area contributed by atoms with Gasteiger partial charge in [0.1, 0.15) is 0 Å². The van der Waals surface area contributed by atoms with Crippen molar-refractivity contribution in [2.75, 3.05) is 18.5 Å². The van der Waals surface area contributed by atoms with Crippen LogP contribution in [0.1, 0.15) is 33.3 Å². The largest absolute Gasteiger partial charge is 0.466 e. The zero-order valence-electron chi connectivity index (χ0n) is 14.6. The van der Waals surface area contributed by atoms with E-state index in [0.717, 1.165) is 28.4 Å². The van der Waals surface area contributed by atoms with E-state index < -0.39 is 0 Å². The number of allylic oxidation sites excluding steroid dienone is 2. The third-order valence-corrected chi connectivity index (χ3v) is 5.24. The van der Waals surface area contributed by atoms with E-state index >= 15 is 0 Å². The van der Waals surface area contributed by atoms with Crippen LogP contribution in [0.25, 0.3) is 0 Å². The Balaban J connectivity index is 2.01. The zero-order valence-corrected chi connectivity index (χ0v) is 15.4. The van der Waals surface area contributed by atoms with Gasteiger partial charge in [0.05, 0.1) is 17.9 Å². The molecule has 0 saturated carbocycles. The minimum atomic E-state index is -0.215. The first-order chi connectivity index (χ1) is 11.5. The Morgan fingerprint density at radius 3 is 2.46 bits per heavy atom. The standard InChI is InChI=1S/C18H24N2O3S/c1-5-20-12(3)17(13(4)21)24-18(20)19-15-9-7-14(8-10-15)11-16(22)23-6-2/h7-10,18-19H,5-6,11H2,1-4H3. The first-order valence-electron chi connectivity index (χ1n) is 8.12. The Hall–Kier alpha value is -1.95. The second-order valence-electron chi connectivity index (χ2n) is 5.55. The number of carbonyl (C=O) groups excluding carboxylic acids is 2. The molecule has 1 aliphatic heterocycles. The molecule has 5 nitrogen and oxygen atoms in total. The van der Waals surface area contributed by atoms with Gasteiger partial charge >= 0.3 is 5.97 Å². The number of hydrogen-bond acceptors (Lipinski definition) is 6. The molecule has 1 unspecified atom stereocenters. The van der Waals surface area contributed by atoms with Crippen molar-refractivity contribution in [1.29, 1.82) is 0 Å². The van der Waals surface area contributed by atoms with Crippen molar-refractivity contribution in [3.05, 3.63) is 40.4 Å². The maximum absolute atomic E-state index is 11.7. The lowest BCUT2D eigenvalue weighted by atomic mass is 10.1. The Bertz CT molecular complexity index is 640. The minimum absolute atomic E-state index is 0.00445. The highest BCUT2D eigenvalue weighted by atomic mass is 32.2. The highest BCUT2D eigenvalue weighted by Crippen LogP contribution is 2.38. The first-order valence-corrected chi connectivity index (χ1v) is 9.00. The molecule has 0 bridgehead atoms. The van der Waals surface area contributed by atoms with Crippen molar-refractivity contribution in [2.45, 2.75) is 39.6 Å². The highest BCUT2D eigenvalue weighted by Gasteiger charge is 2.31. The quantitative estimate of drug-likeness (QED) is 0.763. The number of thioether (sulfide) groups is 1. The van der Waals surface area contributed by atoms with Crippen molar-refractivity contribution < 1.29 is 14.3 Å². The summed E-state index contributed by atoms with van der Waals surface area (Å²) in [6.45, 7) is 8.69. The van der Waals surface area contributed by atoms with E-state index in [4.69, 9.17) is 4.74 Å². The normalized spacial score (nSPS) is 17.2. The van der Waals surface area contributed by atoms with Gasteiger partial charge in [-0.1, -0.05) is 23.9 Å². The minimum Gasteiger partial charge on any atom is -0.466 e. The van der Waals surface area contributed by atoms with Crippen molar-refractivity contribution in [3.63, 3.8) is 0 Å². The van der Waals surface area contributed by atoms with Crippen LogP contribution in [0.5, 0.6) is 0 Å². The van der Waals surface area contributed by atoms with E-state index in [1.807, 2.05) is 31.2 Å². The Labute approximate surface area is 147 Å². The molecule has 0 fully saturated rings. The molecule has 0 aromatic heterocycles. The molecule has 0 aliphatic carbocycles. The van der Waals surface area contributed by atoms with Crippen molar-refractivity contribution in [2.24, 2.45) is 0 Å². The van der Waals surface area contributed by atoms with Crippen LogP contribution in [-0.4, -0.2) is 35.3 Å². The fraction of sp³-hybridized carbons (Fsp3) is 0.444. The molecule has 1 atom stereocenters. The first kappa shape index (κ1) is 18.4. The Kier molecular flexibility index (Phi) is 6.31. The summed E-state index contributed by atoms with van der Waals surface area (Å²) in [4.78, 5) is 26.2. The topological polar surface area (TPSA) is 58.6 Å². The van der Waals surface area contributed by atoms with Gasteiger partial charge in [-0.3, -0.25) is 9.59 Å². The van der Waals surface area contributed by atoms with Gasteiger partial charge in [-0.2, -0.15) is 0 Å². The molecule has 130 valence electrons. The lowest BCUT2D eigenvalue weighted by molar-refractivity contribution is -0.142. The van der Waals surface area contributed by atoms with Crippen molar-refractivity contribution in [3.8, 4) is 0 Å². The predicted octanol–water partition coefficient (Wildman–Crippen LogP) is 3.38. The summed E-state index contributed by atoms with van der Waals surface area (Å²) in [7, 11) is 0. The predicted molar refractivity (Wildman–Crippen MR) is 97.5 cm³/mol. The maximum Gasteiger partial charge on any atom is 0.310 e. The number of rotatable bonds is 7. The van der Waals surface area contributed by atoms with E-state index in [-0.39, 0.29) is 23.7 Å². The van der Waals surface area contributed by atoms with Gasteiger partial charge in [-0.15, -0.1) is 0 Å². The second-order valence-corrected chi connectivity index (χ2v) is 6.64. The number of hydrogen-bond donors (Lipinski definition) is 1. The third kappa shape index (κ3) is 4.32. The third-order valence-electron chi connectivity index (χ3n) is 3.83. The molecule has 0 radical (unpaired) electrons. The Morgan fingerprint density at radius 1 is 1.25 bits per heavy atom. The maximum atomic E-state index is 11.7. The van der Waals surface area contributed by atoms with Gasteiger partial charge in [-0.05, 0) is 45.4 Å². The fourth-order valence-corrected chi connectivity index (χ4v) is 3.96. The summed E-state index contributed by atoms with van der Waals surface area (Å²) in [5, 5.41) is 3.44. The van der Waals surface area contributed by atoms with Crippen LogP contribution in [0.4, 0.5) is 5.69 Å². The van der Waals surface area contributed by atoms with E-state index in [1.165, 1.54) is 0 Å². The summed E-state index contributed by atoms with van der Waals surface area (Å²) in [5.74, 6) is -0.113. The summed E-state index contributed by atoms with van der Waals surface area (Å²) in [5.41, 5.74) is 2.90. The molecule has 1 heterocycles. The molecule has 1 N–H and O–H groups in total. The molecule has 1 aliphatic rings. The van der Waals surface area contributed by atoms with Crippen molar-refractivity contribution >= 4 is 29.2 Å². The summed E-state index contributed by atoms with van der Waals surface area (Å²) in [6.07, 6.45) is 0.280. The summed E-state index contributed by atoms with van der Waals surface area (Å²) < 4.78 is 4.96. The van der Waals surface area contributed by atoms with Crippen LogP contribution >= 0.6 is 11.8 Å². The number of ether oxygens (including phenoxy) is 1. The van der Waals surface area contributed by atoms with Gasteiger partial charge in [0, 0.05) is 17.9 Å². The van der Waals surface area contributed by atoms with Crippen LogP contribution in [0.15, 0.2) is 34.9 Å². The number of anilines is 1. The lowest BCUT2D eigenvalue weighted by Crippen LogP contribution is -2.33. The number of carbonyl (C=O) groups is 2. The van der Waals surface area contributed by atoms with E-state index in [1.54, 1.807) is 25.6 Å². The van der Waals surface area contributed by atoms with Gasteiger partial charge in [0.15, 0.2) is 11.3 Å². The molecule has 1 aromatic rings. The second kappa shape index (κ2) is 8.24. The van der Waals surface area contributed by atoms with E-state index in [2.05, 4.69) is 17.1 Å². The number of benzene rings is 1. The number of nitrogens with zero attached hydrogens (tertiary/aromatic N) is 1. The zero-order chi connectivity index (χ0) is 17.7. The van der Waals surface area contributed by atoms with Gasteiger partial charge in [-0.25, -0.2) is 0 Å². The van der Waals surface area contributed by atoms with Crippen LogP contribution in [0, 0.1) is 0 Å². The fourth-order valence-electron chi connectivity index (χ4n) is 2.66. The lowest BCUT2D eigenvalue weighted by Gasteiger charge is -2.27. The van der Waals surface area contributed by atoms with Crippen LogP contribution in [0.3, 0.4) is 0 Å². The van der Waals surface area contributed by atoms with Crippen LogP contribution < -0.4 is 5.32 Å². The average molecular weight is 348 g/mol. The molecule has 0 spiro atoms. The summed E-state index contributed by atoms with van der Waals surface area (Å²) in [6, 6.07) is 7.73. The van der Waals surface area contributed by atoms with Crippen LogP contribution in [0.2, 0.25) is 0 Å². The van der Waals surface area contributed by atoms with Crippen LogP contribution in [-0.2, 0) is 20.7 Å². The molecule has 1 aromatic carbocycles. The van der Waals surface area contributed by atoms with E-state index in [9.17, 15) is 9.59 Å². The van der Waals surface area contributed by atoms with Crippen molar-refractivity contribution in [1.82, 2.24) is 4.90 Å². The smallest absolute Gasteiger partial charge is 0.310 e. The number of Topliss-reactive ketones (excluding diaryl/α,β-unsaturated/α-hetero) is 1. The molecule has 2 rings (SSSR count). The average Bonchev–Trinajstić information content (AvgIpc) is 2.85. The number of nitrogens with one attached hydrogen (secondary N) is 1. The molecule has 6 heteroatoms. The highest BCUT2D eigenvalue weighted by molar-refractivity contribution is 8.04. The molecule has 0 amide bonds. The monoisotopic (exact) mass is 348 g/mol. The SMILES string of the molecule is CCOC(=O)Cc1ccc(NC2SC(C(C)=O)=C(C)N2CC)cc1. The van der Waals surface area contributed by atoms with Gasteiger partial charge < -0.3 is 15.0 Å².